The second kappa shape index (κ2) is 7.73. The minimum Gasteiger partial charge on any atom is -0.381 e. The van der Waals surface area contributed by atoms with Crippen molar-refractivity contribution in [2.45, 2.75) is 46.6 Å². The molecule has 0 radical (unpaired) electrons. The van der Waals surface area contributed by atoms with Gasteiger partial charge in [0, 0.05) is 39.4 Å². The van der Waals surface area contributed by atoms with E-state index in [1.807, 2.05) is 0 Å². The summed E-state index contributed by atoms with van der Waals surface area (Å²) in [6, 6.07) is 0.0653. The summed E-state index contributed by atoms with van der Waals surface area (Å²) in [6.07, 6.45) is 1.57. The minimum atomic E-state index is -3.38. The van der Waals surface area contributed by atoms with Crippen LogP contribution in [0.1, 0.15) is 40.5 Å². The third-order valence-electron chi connectivity index (χ3n) is 3.53. The zero-order valence-corrected chi connectivity index (χ0v) is 14.3. The monoisotopic (exact) mass is 306 g/mol. The summed E-state index contributed by atoms with van der Waals surface area (Å²) >= 11 is 0. The first-order valence-electron chi connectivity index (χ1n) is 7.56. The van der Waals surface area contributed by atoms with E-state index in [0.29, 0.717) is 38.1 Å². The molecule has 5 nitrogen and oxygen atoms in total. The zero-order chi connectivity index (χ0) is 15.3. The standard InChI is InChI=1S/C14H30N2O3S/c1-12(2)10-16(11-13(3)4)20(17,18)15(5)14-6-8-19-9-7-14/h12-14H,6-11H2,1-5H3. The highest BCUT2D eigenvalue weighted by atomic mass is 32.2. The molecule has 1 rings (SSSR count). The molecule has 0 unspecified atom stereocenters. The molecule has 0 amide bonds. The topological polar surface area (TPSA) is 49.9 Å². The zero-order valence-electron chi connectivity index (χ0n) is 13.5. The SMILES string of the molecule is CC(C)CN(CC(C)C)S(=O)(=O)N(C)C1CCOCC1. The van der Waals surface area contributed by atoms with Gasteiger partial charge in [-0.3, -0.25) is 0 Å². The largest absolute Gasteiger partial charge is 0.381 e. The Bertz CT molecular complexity index is 366. The maximum absolute atomic E-state index is 12.8. The molecule has 0 aliphatic carbocycles. The molecule has 0 saturated carbocycles. The van der Waals surface area contributed by atoms with Crippen molar-refractivity contribution in [1.29, 1.82) is 0 Å². The third-order valence-corrected chi connectivity index (χ3v) is 5.51. The van der Waals surface area contributed by atoms with Crippen molar-refractivity contribution in [3.05, 3.63) is 0 Å². The van der Waals surface area contributed by atoms with E-state index in [0.717, 1.165) is 12.8 Å². The summed E-state index contributed by atoms with van der Waals surface area (Å²) in [5.74, 6) is 0.651. The van der Waals surface area contributed by atoms with Crippen LogP contribution in [0.2, 0.25) is 0 Å². The van der Waals surface area contributed by atoms with Crippen LogP contribution < -0.4 is 0 Å². The summed E-state index contributed by atoms with van der Waals surface area (Å²) in [5.41, 5.74) is 0. The Morgan fingerprint density at radius 1 is 1.05 bits per heavy atom. The molecule has 0 aromatic heterocycles. The van der Waals surface area contributed by atoms with Gasteiger partial charge in [-0.25, -0.2) is 0 Å². The second-order valence-corrected chi connectivity index (χ2v) is 8.46. The lowest BCUT2D eigenvalue weighted by Gasteiger charge is -2.35. The number of ether oxygens (including phenoxy) is 1. The van der Waals surface area contributed by atoms with E-state index < -0.39 is 10.2 Å². The first kappa shape index (κ1) is 17.9. The quantitative estimate of drug-likeness (QED) is 0.722. The first-order valence-corrected chi connectivity index (χ1v) is 8.95. The summed E-state index contributed by atoms with van der Waals surface area (Å²) < 4.78 is 34.1. The van der Waals surface area contributed by atoms with Gasteiger partial charge in [0.25, 0.3) is 10.2 Å². The average Bonchev–Trinajstić information content (AvgIpc) is 2.37. The molecule has 1 aliphatic rings. The van der Waals surface area contributed by atoms with Crippen molar-refractivity contribution in [3.63, 3.8) is 0 Å². The maximum atomic E-state index is 12.8. The van der Waals surface area contributed by atoms with E-state index in [1.165, 1.54) is 0 Å². The smallest absolute Gasteiger partial charge is 0.281 e. The van der Waals surface area contributed by atoms with Crippen LogP contribution in [0.3, 0.4) is 0 Å². The Hall–Kier alpha value is -0.170. The molecule has 20 heavy (non-hydrogen) atoms. The van der Waals surface area contributed by atoms with Gasteiger partial charge in [-0.15, -0.1) is 0 Å². The lowest BCUT2D eigenvalue weighted by atomic mass is 10.1. The third kappa shape index (κ3) is 4.98. The summed E-state index contributed by atoms with van der Waals surface area (Å²) in [7, 11) is -1.67. The fraction of sp³-hybridized carbons (Fsp3) is 1.00. The van der Waals surface area contributed by atoms with Crippen molar-refractivity contribution < 1.29 is 13.2 Å². The molecule has 6 heteroatoms. The fourth-order valence-electron chi connectivity index (χ4n) is 2.50. The molecule has 0 atom stereocenters. The predicted octanol–water partition coefficient (Wildman–Crippen LogP) is 1.96. The molecule has 1 fully saturated rings. The van der Waals surface area contributed by atoms with Crippen LogP contribution in [-0.2, 0) is 14.9 Å². The Balaban J connectivity index is 2.84. The fourth-order valence-corrected chi connectivity index (χ4v) is 4.42. The summed E-state index contributed by atoms with van der Waals surface area (Å²) in [4.78, 5) is 0. The van der Waals surface area contributed by atoms with E-state index in [4.69, 9.17) is 4.74 Å². The average molecular weight is 306 g/mol. The van der Waals surface area contributed by atoms with Gasteiger partial charge in [-0.1, -0.05) is 27.7 Å². The number of nitrogens with zero attached hydrogens (tertiary/aromatic N) is 2. The Labute approximate surface area is 124 Å². The number of hydrogen-bond acceptors (Lipinski definition) is 3. The van der Waals surface area contributed by atoms with Gasteiger partial charge in [-0.05, 0) is 24.7 Å². The summed E-state index contributed by atoms with van der Waals surface area (Å²) in [5, 5.41) is 0. The molecule has 1 saturated heterocycles. The lowest BCUT2D eigenvalue weighted by Crippen LogP contribution is -2.50. The van der Waals surface area contributed by atoms with Gasteiger partial charge in [0.2, 0.25) is 0 Å². The van der Waals surface area contributed by atoms with E-state index >= 15 is 0 Å². The predicted molar refractivity (Wildman–Crippen MR) is 81.8 cm³/mol. The van der Waals surface area contributed by atoms with Crippen molar-refractivity contribution in [2.75, 3.05) is 33.4 Å². The molecule has 1 heterocycles. The van der Waals surface area contributed by atoms with Crippen LogP contribution in [0, 0.1) is 11.8 Å². The van der Waals surface area contributed by atoms with Crippen LogP contribution in [0.25, 0.3) is 0 Å². The van der Waals surface area contributed by atoms with Crippen molar-refractivity contribution >= 4 is 10.2 Å². The molecule has 1 aliphatic heterocycles. The van der Waals surface area contributed by atoms with Crippen LogP contribution in [0.15, 0.2) is 0 Å². The van der Waals surface area contributed by atoms with Crippen LogP contribution in [0.4, 0.5) is 0 Å². The second-order valence-electron chi connectivity index (χ2n) is 6.47. The molecule has 0 aromatic carbocycles. The van der Waals surface area contributed by atoms with Crippen LogP contribution >= 0.6 is 0 Å². The van der Waals surface area contributed by atoms with Gasteiger partial charge >= 0.3 is 0 Å². The van der Waals surface area contributed by atoms with Crippen molar-refractivity contribution in [1.82, 2.24) is 8.61 Å². The molecular weight excluding hydrogens is 276 g/mol. The molecular formula is C14H30N2O3S. The van der Waals surface area contributed by atoms with Gasteiger partial charge < -0.3 is 4.74 Å². The summed E-state index contributed by atoms with van der Waals surface area (Å²) in [6.45, 7) is 10.7. The first-order chi connectivity index (χ1) is 9.25. The lowest BCUT2D eigenvalue weighted by molar-refractivity contribution is 0.0615. The van der Waals surface area contributed by atoms with E-state index in [9.17, 15) is 8.42 Å². The van der Waals surface area contributed by atoms with Crippen LogP contribution in [0.5, 0.6) is 0 Å². The minimum absolute atomic E-state index is 0.0653. The number of rotatable bonds is 7. The normalized spacial score (nSPS) is 18.6. The molecule has 120 valence electrons. The number of hydrogen-bond donors (Lipinski definition) is 0. The highest BCUT2D eigenvalue weighted by Gasteiger charge is 2.33. The molecule has 0 bridgehead atoms. The van der Waals surface area contributed by atoms with Crippen molar-refractivity contribution in [2.24, 2.45) is 11.8 Å². The van der Waals surface area contributed by atoms with E-state index in [2.05, 4.69) is 27.7 Å². The maximum Gasteiger partial charge on any atom is 0.281 e. The highest BCUT2D eigenvalue weighted by Crippen LogP contribution is 2.20. The van der Waals surface area contributed by atoms with Crippen molar-refractivity contribution in [3.8, 4) is 0 Å². The molecule has 0 N–H and O–H groups in total. The van der Waals surface area contributed by atoms with E-state index in [1.54, 1.807) is 15.7 Å². The van der Waals surface area contributed by atoms with Gasteiger partial charge in [0.1, 0.15) is 0 Å². The van der Waals surface area contributed by atoms with Gasteiger partial charge in [-0.2, -0.15) is 17.0 Å². The Kier molecular flexibility index (Phi) is 6.91. The molecule has 0 aromatic rings. The Morgan fingerprint density at radius 3 is 1.90 bits per heavy atom. The van der Waals surface area contributed by atoms with Crippen LogP contribution in [-0.4, -0.2) is 56.4 Å². The van der Waals surface area contributed by atoms with E-state index in [-0.39, 0.29) is 6.04 Å². The van der Waals surface area contributed by atoms with Gasteiger partial charge in [0.15, 0.2) is 0 Å². The highest BCUT2D eigenvalue weighted by molar-refractivity contribution is 7.86. The van der Waals surface area contributed by atoms with Gasteiger partial charge in [0.05, 0.1) is 0 Å². The Morgan fingerprint density at radius 2 is 1.50 bits per heavy atom. The molecule has 0 spiro atoms.